The van der Waals surface area contributed by atoms with E-state index in [9.17, 15) is 4.79 Å². The highest BCUT2D eigenvalue weighted by Gasteiger charge is 2.06. The zero-order chi connectivity index (χ0) is 20.5. The van der Waals surface area contributed by atoms with Crippen LogP contribution in [0.5, 0.6) is 5.75 Å². The monoisotopic (exact) mass is 521 g/mol. The smallest absolute Gasteiger partial charge is 0.251 e. The number of guanidine groups is 1. The van der Waals surface area contributed by atoms with Gasteiger partial charge in [-0.1, -0.05) is 18.2 Å². The Balaban J connectivity index is 0.00000320. The van der Waals surface area contributed by atoms with E-state index >= 15 is 0 Å². The predicted octanol–water partition coefficient (Wildman–Crippen LogP) is 2.93. The number of rotatable bonds is 8. The summed E-state index contributed by atoms with van der Waals surface area (Å²) >= 11 is 0. The van der Waals surface area contributed by atoms with Gasteiger partial charge in [-0.3, -0.25) is 9.79 Å². The van der Waals surface area contributed by atoms with Crippen LogP contribution in [0.15, 0.2) is 59.7 Å². The van der Waals surface area contributed by atoms with Gasteiger partial charge in [0, 0.05) is 49.3 Å². The van der Waals surface area contributed by atoms with Gasteiger partial charge in [-0.05, 0) is 42.3 Å². The van der Waals surface area contributed by atoms with Gasteiger partial charge in [0.15, 0.2) is 5.96 Å². The lowest BCUT2D eigenvalue weighted by molar-refractivity contribution is 0.0954. The molecule has 4 N–H and O–H groups in total. The maximum Gasteiger partial charge on any atom is 0.251 e. The fourth-order valence-electron chi connectivity index (χ4n) is 3.08. The zero-order valence-electron chi connectivity index (χ0n) is 17.2. The second-order valence-electron chi connectivity index (χ2n) is 6.52. The first-order valence-corrected chi connectivity index (χ1v) is 9.63. The second kappa shape index (κ2) is 12.1. The predicted molar refractivity (Wildman–Crippen MR) is 132 cm³/mol. The van der Waals surface area contributed by atoms with Crippen LogP contribution >= 0.6 is 24.0 Å². The molecule has 0 aliphatic carbocycles. The van der Waals surface area contributed by atoms with E-state index in [-0.39, 0.29) is 29.9 Å². The molecule has 0 saturated heterocycles. The van der Waals surface area contributed by atoms with Crippen molar-refractivity contribution in [2.24, 2.45) is 4.99 Å². The van der Waals surface area contributed by atoms with Gasteiger partial charge in [0.25, 0.3) is 5.91 Å². The van der Waals surface area contributed by atoms with Crippen molar-refractivity contribution in [3.8, 4) is 5.75 Å². The number of hydrogen-bond acceptors (Lipinski definition) is 3. The minimum Gasteiger partial charge on any atom is -0.497 e. The molecule has 8 heteroatoms. The van der Waals surface area contributed by atoms with Crippen LogP contribution in [0.25, 0.3) is 10.9 Å². The molecule has 0 fully saturated rings. The number of benzene rings is 2. The summed E-state index contributed by atoms with van der Waals surface area (Å²) in [6.07, 6.45) is 2.94. The third-order valence-corrected chi connectivity index (χ3v) is 4.64. The summed E-state index contributed by atoms with van der Waals surface area (Å²) in [5.41, 5.74) is 3.03. The van der Waals surface area contributed by atoms with E-state index in [1.165, 1.54) is 10.9 Å². The number of nitrogens with one attached hydrogen (secondary N) is 4. The molecule has 1 amide bonds. The molecule has 0 spiro atoms. The van der Waals surface area contributed by atoms with E-state index in [2.05, 4.69) is 44.3 Å². The van der Waals surface area contributed by atoms with Gasteiger partial charge in [-0.2, -0.15) is 0 Å². The number of carbonyl (C=O) groups is 1. The summed E-state index contributed by atoms with van der Waals surface area (Å²) in [6, 6.07) is 15.3. The largest absolute Gasteiger partial charge is 0.497 e. The first-order valence-electron chi connectivity index (χ1n) is 9.63. The number of methoxy groups -OCH3 is 1. The fraction of sp³-hybridized carbons (Fsp3) is 0.273. The highest BCUT2D eigenvalue weighted by atomic mass is 127. The molecule has 0 unspecified atom stereocenters. The Morgan fingerprint density at radius 2 is 1.70 bits per heavy atom. The summed E-state index contributed by atoms with van der Waals surface area (Å²) in [5.74, 6) is 1.32. The Morgan fingerprint density at radius 1 is 1.00 bits per heavy atom. The summed E-state index contributed by atoms with van der Waals surface area (Å²) in [4.78, 5) is 19.7. The normalized spacial score (nSPS) is 10.9. The topological polar surface area (TPSA) is 90.5 Å². The van der Waals surface area contributed by atoms with Crippen LogP contribution in [-0.2, 0) is 6.42 Å². The Kier molecular flexibility index (Phi) is 9.46. The molecule has 2 aromatic carbocycles. The molecule has 7 nitrogen and oxygen atoms in total. The van der Waals surface area contributed by atoms with Crippen molar-refractivity contribution < 1.29 is 9.53 Å². The highest BCUT2D eigenvalue weighted by Crippen LogP contribution is 2.17. The third-order valence-electron chi connectivity index (χ3n) is 4.64. The van der Waals surface area contributed by atoms with Crippen LogP contribution in [0.4, 0.5) is 0 Å². The van der Waals surface area contributed by atoms with E-state index in [0.29, 0.717) is 24.6 Å². The molecule has 0 bridgehead atoms. The Bertz CT molecular complexity index is 969. The van der Waals surface area contributed by atoms with Crippen molar-refractivity contribution in [1.82, 2.24) is 20.9 Å². The van der Waals surface area contributed by atoms with Crippen molar-refractivity contribution in [3.63, 3.8) is 0 Å². The lowest BCUT2D eigenvalue weighted by Crippen LogP contribution is -2.42. The molecule has 0 saturated carbocycles. The summed E-state index contributed by atoms with van der Waals surface area (Å²) in [7, 11) is 3.33. The fourth-order valence-corrected chi connectivity index (χ4v) is 3.08. The van der Waals surface area contributed by atoms with E-state index in [0.717, 1.165) is 24.2 Å². The van der Waals surface area contributed by atoms with E-state index in [1.807, 2.05) is 12.1 Å². The van der Waals surface area contributed by atoms with Gasteiger partial charge >= 0.3 is 0 Å². The molecule has 160 valence electrons. The van der Waals surface area contributed by atoms with Gasteiger partial charge < -0.3 is 25.7 Å². The highest BCUT2D eigenvalue weighted by molar-refractivity contribution is 14.0. The number of nitrogens with zero attached hydrogens (tertiary/aromatic N) is 1. The maximum atomic E-state index is 12.1. The molecule has 1 heterocycles. The van der Waals surface area contributed by atoms with Crippen LogP contribution in [0.1, 0.15) is 15.9 Å². The van der Waals surface area contributed by atoms with Crippen molar-refractivity contribution in [2.45, 2.75) is 6.42 Å². The van der Waals surface area contributed by atoms with E-state index in [1.54, 1.807) is 38.4 Å². The SMILES string of the molecule is CN=C(NCCNC(=O)c1ccc(OC)cc1)NCCc1c[nH]c2ccccc12.I. The minimum absolute atomic E-state index is 0. The molecule has 0 aliphatic rings. The van der Waals surface area contributed by atoms with E-state index in [4.69, 9.17) is 4.74 Å². The standard InChI is InChI=1S/C22H27N5O2.HI/c1-23-22(25-12-11-17-15-27-20-6-4-3-5-19(17)20)26-14-13-24-21(28)16-7-9-18(29-2)10-8-16;/h3-10,15,27H,11-14H2,1-2H3,(H,24,28)(H2,23,25,26);1H. The second-order valence-corrected chi connectivity index (χ2v) is 6.52. The minimum atomic E-state index is -0.114. The number of hydrogen-bond donors (Lipinski definition) is 4. The lowest BCUT2D eigenvalue weighted by Gasteiger charge is -2.12. The third kappa shape index (κ3) is 6.38. The quantitative estimate of drug-likeness (QED) is 0.159. The number of para-hydroxylation sites is 1. The number of amides is 1. The van der Waals surface area contributed by atoms with Gasteiger partial charge in [-0.25, -0.2) is 0 Å². The zero-order valence-corrected chi connectivity index (χ0v) is 19.5. The van der Waals surface area contributed by atoms with E-state index < -0.39 is 0 Å². The molecular formula is C22H28IN5O2. The average molecular weight is 521 g/mol. The molecule has 3 rings (SSSR count). The van der Waals surface area contributed by atoms with Gasteiger partial charge in [0.1, 0.15) is 5.75 Å². The molecular weight excluding hydrogens is 493 g/mol. The number of H-pyrrole nitrogens is 1. The molecule has 3 aromatic rings. The van der Waals surface area contributed by atoms with Crippen LogP contribution in [0, 0.1) is 0 Å². The van der Waals surface area contributed by atoms with Crippen molar-refractivity contribution >= 4 is 46.7 Å². The van der Waals surface area contributed by atoms with Crippen LogP contribution < -0.4 is 20.7 Å². The molecule has 30 heavy (non-hydrogen) atoms. The van der Waals surface area contributed by atoms with Crippen LogP contribution in [0.3, 0.4) is 0 Å². The molecule has 1 aromatic heterocycles. The first kappa shape index (κ1) is 23.5. The van der Waals surface area contributed by atoms with Crippen molar-refractivity contribution in [3.05, 3.63) is 65.9 Å². The summed E-state index contributed by atoms with van der Waals surface area (Å²) in [6.45, 7) is 1.84. The van der Waals surface area contributed by atoms with Gasteiger partial charge in [0.2, 0.25) is 0 Å². The number of ether oxygens (including phenoxy) is 1. The number of aromatic nitrogens is 1. The van der Waals surface area contributed by atoms with Crippen LogP contribution in [-0.4, -0.2) is 50.6 Å². The Hall–Kier alpha value is -2.75. The lowest BCUT2D eigenvalue weighted by atomic mass is 10.1. The number of halogens is 1. The van der Waals surface area contributed by atoms with Crippen molar-refractivity contribution in [1.29, 1.82) is 0 Å². The molecule has 0 radical (unpaired) electrons. The number of aromatic amines is 1. The molecule has 0 aliphatic heterocycles. The maximum absolute atomic E-state index is 12.1. The Labute approximate surface area is 193 Å². The summed E-state index contributed by atoms with van der Waals surface area (Å²) < 4.78 is 5.10. The number of fused-ring (bicyclic) bond motifs is 1. The average Bonchev–Trinajstić information content (AvgIpc) is 3.18. The van der Waals surface area contributed by atoms with Gasteiger partial charge in [-0.15, -0.1) is 24.0 Å². The summed E-state index contributed by atoms with van der Waals surface area (Å²) in [5, 5.41) is 10.6. The number of aliphatic imine (C=N–C) groups is 1. The molecule has 0 atom stereocenters. The van der Waals surface area contributed by atoms with Crippen molar-refractivity contribution in [2.75, 3.05) is 33.8 Å². The first-order chi connectivity index (χ1) is 14.2. The van der Waals surface area contributed by atoms with Crippen LogP contribution in [0.2, 0.25) is 0 Å². The number of carbonyl (C=O) groups excluding carboxylic acids is 1. The Morgan fingerprint density at radius 3 is 2.43 bits per heavy atom. The van der Waals surface area contributed by atoms with Gasteiger partial charge in [0.05, 0.1) is 7.11 Å².